The largest absolute Gasteiger partial charge is 0.325 e. The van der Waals surface area contributed by atoms with E-state index >= 15 is 0 Å². The molecule has 1 heterocycles. The molecule has 0 unspecified atom stereocenters. The van der Waals surface area contributed by atoms with Crippen molar-refractivity contribution < 1.29 is 9.18 Å². The predicted molar refractivity (Wildman–Crippen MR) is 79.4 cm³/mol. The Balaban J connectivity index is 1.84. The average molecular weight is 290 g/mol. The van der Waals surface area contributed by atoms with Gasteiger partial charge in [0.15, 0.2) is 0 Å². The average Bonchev–Trinajstić information content (AvgIpc) is 2.65. The molecule has 5 nitrogen and oxygen atoms in total. The second-order valence-electron chi connectivity index (χ2n) is 4.94. The second-order valence-corrected chi connectivity index (χ2v) is 4.94. The van der Waals surface area contributed by atoms with Crippen LogP contribution in [0, 0.1) is 19.7 Å². The van der Waals surface area contributed by atoms with Crippen LogP contribution in [0.3, 0.4) is 0 Å². The van der Waals surface area contributed by atoms with Crippen molar-refractivity contribution in [1.29, 1.82) is 0 Å². The van der Waals surface area contributed by atoms with E-state index in [-0.39, 0.29) is 18.3 Å². The van der Waals surface area contributed by atoms with E-state index in [1.165, 1.54) is 12.1 Å². The molecular formula is C15H19FN4O. The highest BCUT2D eigenvalue weighted by molar-refractivity contribution is 5.92. The first-order valence-corrected chi connectivity index (χ1v) is 6.72. The third kappa shape index (κ3) is 3.88. The molecule has 0 aliphatic heterocycles. The monoisotopic (exact) mass is 290 g/mol. The minimum Gasteiger partial charge on any atom is -0.325 e. The van der Waals surface area contributed by atoms with Gasteiger partial charge in [-0.2, -0.15) is 5.10 Å². The molecule has 0 atom stereocenters. The maximum atomic E-state index is 13.0. The molecule has 0 fully saturated rings. The van der Waals surface area contributed by atoms with Crippen LogP contribution in [-0.4, -0.2) is 22.2 Å². The van der Waals surface area contributed by atoms with Crippen molar-refractivity contribution in [2.75, 3.05) is 11.9 Å². The van der Waals surface area contributed by atoms with Crippen LogP contribution in [0.5, 0.6) is 0 Å². The molecule has 2 N–H and O–H groups in total. The van der Waals surface area contributed by atoms with E-state index in [0.29, 0.717) is 12.2 Å². The fourth-order valence-corrected chi connectivity index (χ4v) is 2.15. The van der Waals surface area contributed by atoms with Gasteiger partial charge in [-0.1, -0.05) is 6.07 Å². The maximum Gasteiger partial charge on any atom is 0.238 e. The van der Waals surface area contributed by atoms with Gasteiger partial charge in [0.1, 0.15) is 5.82 Å². The number of nitrogens with zero attached hydrogens (tertiary/aromatic N) is 2. The summed E-state index contributed by atoms with van der Waals surface area (Å²) in [5.41, 5.74) is 3.57. The van der Waals surface area contributed by atoms with E-state index in [0.717, 1.165) is 17.0 Å². The summed E-state index contributed by atoms with van der Waals surface area (Å²) in [6, 6.07) is 5.83. The van der Waals surface area contributed by atoms with Crippen molar-refractivity contribution in [3.63, 3.8) is 0 Å². The van der Waals surface area contributed by atoms with Gasteiger partial charge in [-0.15, -0.1) is 0 Å². The molecule has 0 saturated heterocycles. The topological polar surface area (TPSA) is 59.0 Å². The lowest BCUT2D eigenvalue weighted by atomic mass is 10.2. The van der Waals surface area contributed by atoms with Gasteiger partial charge in [-0.3, -0.25) is 9.48 Å². The van der Waals surface area contributed by atoms with Crippen LogP contribution in [-0.2, 0) is 18.4 Å². The molecule has 0 radical (unpaired) electrons. The zero-order valence-corrected chi connectivity index (χ0v) is 12.4. The number of hydrogen-bond donors (Lipinski definition) is 2. The van der Waals surface area contributed by atoms with Gasteiger partial charge in [0, 0.05) is 30.5 Å². The van der Waals surface area contributed by atoms with Gasteiger partial charge in [0.05, 0.1) is 12.2 Å². The first kappa shape index (κ1) is 15.2. The van der Waals surface area contributed by atoms with Gasteiger partial charge in [-0.05, 0) is 32.0 Å². The minimum absolute atomic E-state index is 0.157. The third-order valence-corrected chi connectivity index (χ3v) is 3.35. The Hall–Kier alpha value is -2.21. The number of aromatic nitrogens is 2. The van der Waals surface area contributed by atoms with Crippen LogP contribution >= 0.6 is 0 Å². The first-order valence-electron chi connectivity index (χ1n) is 6.72. The van der Waals surface area contributed by atoms with E-state index in [1.54, 1.807) is 12.1 Å². The summed E-state index contributed by atoms with van der Waals surface area (Å²) < 4.78 is 14.8. The molecule has 1 aromatic carbocycles. The summed E-state index contributed by atoms with van der Waals surface area (Å²) in [6.07, 6.45) is 0. The molecule has 0 bridgehead atoms. The lowest BCUT2D eigenvalue weighted by Crippen LogP contribution is -2.28. The van der Waals surface area contributed by atoms with Gasteiger partial charge in [-0.25, -0.2) is 4.39 Å². The quantitative estimate of drug-likeness (QED) is 0.884. The van der Waals surface area contributed by atoms with Gasteiger partial charge >= 0.3 is 0 Å². The van der Waals surface area contributed by atoms with Crippen molar-refractivity contribution >= 4 is 11.6 Å². The number of amides is 1. The fourth-order valence-electron chi connectivity index (χ4n) is 2.15. The molecule has 1 aromatic heterocycles. The minimum atomic E-state index is -0.373. The number of nitrogens with one attached hydrogen (secondary N) is 2. The van der Waals surface area contributed by atoms with Crippen molar-refractivity contribution in [3.8, 4) is 0 Å². The summed E-state index contributed by atoms with van der Waals surface area (Å²) in [7, 11) is 1.89. The Labute approximate surface area is 123 Å². The highest BCUT2D eigenvalue weighted by atomic mass is 19.1. The highest BCUT2D eigenvalue weighted by Crippen LogP contribution is 2.11. The molecule has 2 rings (SSSR count). The summed E-state index contributed by atoms with van der Waals surface area (Å²) in [5.74, 6) is -0.581. The number of benzene rings is 1. The molecular weight excluding hydrogens is 271 g/mol. The number of anilines is 1. The van der Waals surface area contributed by atoms with Crippen LogP contribution in [0.1, 0.15) is 17.0 Å². The summed E-state index contributed by atoms with van der Waals surface area (Å²) in [5, 5.41) is 10.0. The Kier molecular flexibility index (Phi) is 4.70. The van der Waals surface area contributed by atoms with Gasteiger partial charge < -0.3 is 10.6 Å². The van der Waals surface area contributed by atoms with Crippen LogP contribution in [0.25, 0.3) is 0 Å². The molecule has 2 aromatic rings. The second kappa shape index (κ2) is 6.49. The van der Waals surface area contributed by atoms with E-state index in [9.17, 15) is 9.18 Å². The van der Waals surface area contributed by atoms with Crippen molar-refractivity contribution in [2.45, 2.75) is 20.4 Å². The van der Waals surface area contributed by atoms with Crippen molar-refractivity contribution in [3.05, 3.63) is 47.0 Å². The normalized spacial score (nSPS) is 10.7. The van der Waals surface area contributed by atoms with E-state index in [4.69, 9.17) is 0 Å². The molecule has 0 saturated carbocycles. The van der Waals surface area contributed by atoms with Crippen LogP contribution in [0.15, 0.2) is 24.3 Å². The zero-order chi connectivity index (χ0) is 15.4. The molecule has 1 amide bonds. The van der Waals surface area contributed by atoms with E-state index in [1.807, 2.05) is 25.6 Å². The first-order chi connectivity index (χ1) is 9.97. The Morgan fingerprint density at radius 3 is 2.76 bits per heavy atom. The van der Waals surface area contributed by atoms with Crippen LogP contribution < -0.4 is 10.6 Å². The number of carbonyl (C=O) groups excluding carboxylic acids is 1. The molecule has 112 valence electrons. The summed E-state index contributed by atoms with van der Waals surface area (Å²) >= 11 is 0. The Morgan fingerprint density at radius 2 is 2.14 bits per heavy atom. The Bertz CT molecular complexity index is 651. The van der Waals surface area contributed by atoms with Crippen molar-refractivity contribution in [1.82, 2.24) is 15.1 Å². The van der Waals surface area contributed by atoms with Crippen LogP contribution in [0.2, 0.25) is 0 Å². The maximum absolute atomic E-state index is 13.0. The molecule has 0 aliphatic carbocycles. The molecule has 0 aliphatic rings. The molecule has 21 heavy (non-hydrogen) atoms. The number of hydrogen-bond acceptors (Lipinski definition) is 3. The van der Waals surface area contributed by atoms with Gasteiger partial charge in [0.2, 0.25) is 5.91 Å². The van der Waals surface area contributed by atoms with Crippen molar-refractivity contribution in [2.24, 2.45) is 7.05 Å². The van der Waals surface area contributed by atoms with Gasteiger partial charge in [0.25, 0.3) is 0 Å². The predicted octanol–water partition coefficient (Wildman–Crippen LogP) is 1.90. The number of rotatable bonds is 5. The molecule has 0 spiro atoms. The number of carbonyl (C=O) groups is 1. The fraction of sp³-hybridized carbons (Fsp3) is 0.333. The number of aryl methyl sites for hydroxylation is 2. The third-order valence-electron chi connectivity index (χ3n) is 3.35. The van der Waals surface area contributed by atoms with Crippen LogP contribution in [0.4, 0.5) is 10.1 Å². The summed E-state index contributed by atoms with van der Waals surface area (Å²) in [6.45, 7) is 4.66. The SMILES string of the molecule is Cc1nn(C)c(C)c1CNCC(=O)Nc1cccc(F)c1. The van der Waals surface area contributed by atoms with E-state index in [2.05, 4.69) is 15.7 Å². The lowest BCUT2D eigenvalue weighted by Gasteiger charge is -2.07. The highest BCUT2D eigenvalue weighted by Gasteiger charge is 2.09. The lowest BCUT2D eigenvalue weighted by molar-refractivity contribution is -0.115. The smallest absolute Gasteiger partial charge is 0.238 e. The summed E-state index contributed by atoms with van der Waals surface area (Å²) in [4.78, 5) is 11.8. The standard InChI is InChI=1S/C15H19FN4O/c1-10-14(11(2)20(3)19-10)8-17-9-15(21)18-13-6-4-5-12(16)7-13/h4-7,17H,8-9H2,1-3H3,(H,18,21). The zero-order valence-electron chi connectivity index (χ0n) is 12.4. The van der Waals surface area contributed by atoms with E-state index < -0.39 is 0 Å². The number of halogens is 1. The Morgan fingerprint density at radius 1 is 1.38 bits per heavy atom. The molecule has 6 heteroatoms.